The molecule has 0 aromatic heterocycles. The van der Waals surface area contributed by atoms with Crippen LogP contribution in [0.4, 0.5) is 25.2 Å². The fourth-order valence-corrected chi connectivity index (χ4v) is 0.321. The van der Waals surface area contributed by atoms with E-state index in [9.17, 15) is 25.2 Å². The molecule has 0 heterocycles. The molecule has 111 valence electrons. The fraction of sp³-hybridized carbons (Fsp3) is 0.222. The van der Waals surface area contributed by atoms with Gasteiger partial charge in [-0.05, 0) is 32.1 Å². The molecule has 10 heteroatoms. The molecule has 1 saturated carbocycles. The quantitative estimate of drug-likeness (QED) is 0.312. The zero-order valence-corrected chi connectivity index (χ0v) is 12.5. The molecule has 2 nitrogen and oxygen atoms in total. The van der Waals surface area contributed by atoms with Gasteiger partial charge in [-0.2, -0.15) is 10.5 Å². The van der Waals surface area contributed by atoms with Crippen LogP contribution in [0.3, 0.4) is 0 Å². The number of nitriles is 2. The molecule has 1 aliphatic rings. The van der Waals surface area contributed by atoms with Gasteiger partial charge in [0, 0.05) is 13.8 Å². The zero-order chi connectivity index (χ0) is 15.4. The van der Waals surface area contributed by atoms with E-state index in [0.29, 0.717) is 0 Å². The fourth-order valence-electron chi connectivity index (χ4n) is 0.321. The largest absolute Gasteiger partial charge is 2.00 e. The Kier molecular flexibility index (Phi) is 14.8. The molecule has 1 aliphatic carbocycles. The molecule has 0 bridgehead atoms. The van der Waals surface area contributed by atoms with Crippen molar-refractivity contribution in [3.63, 3.8) is 0 Å². The van der Waals surface area contributed by atoms with Crippen molar-refractivity contribution in [1.29, 1.82) is 10.5 Å². The number of rotatable bonds is 0. The van der Waals surface area contributed by atoms with Crippen molar-refractivity contribution in [2.45, 2.75) is 13.8 Å². The van der Waals surface area contributed by atoms with Gasteiger partial charge in [-0.1, -0.05) is 0 Å². The average molecular weight is 393 g/mol. The van der Waals surface area contributed by atoms with Gasteiger partial charge >= 0.3 is 52.5 Å². The van der Waals surface area contributed by atoms with E-state index in [4.69, 9.17) is 10.5 Å². The van der Waals surface area contributed by atoms with Gasteiger partial charge in [0.1, 0.15) is 0 Å². The summed E-state index contributed by atoms with van der Waals surface area (Å²) in [6, 6.07) is 3.50. The number of hydrogen-bond acceptors (Lipinski definition) is 2. The first kappa shape index (κ1) is 27.0. The van der Waals surface area contributed by atoms with Crippen molar-refractivity contribution in [3.05, 3.63) is 32.1 Å². The van der Waals surface area contributed by atoms with Gasteiger partial charge in [-0.25, -0.2) is 0 Å². The molecule has 0 saturated heterocycles. The number of halogens is 6. The van der Waals surface area contributed by atoms with E-state index in [1.807, 2.05) is 32.1 Å². The van der Waals surface area contributed by atoms with Crippen molar-refractivity contribution >= 4 is 7.81 Å². The summed E-state index contributed by atoms with van der Waals surface area (Å²) in [4.78, 5) is 0. The molecule has 0 amide bonds. The Hall–Kier alpha value is -0.387. The maximum atomic E-state index is 9.87. The van der Waals surface area contributed by atoms with Crippen LogP contribution in [0.15, 0.2) is 0 Å². The van der Waals surface area contributed by atoms with Crippen molar-refractivity contribution in [2.24, 2.45) is 0 Å². The normalized spacial score (nSPS) is 15.7. The van der Waals surface area contributed by atoms with Gasteiger partial charge in [0.05, 0.1) is 12.1 Å². The van der Waals surface area contributed by atoms with E-state index in [1.165, 1.54) is 13.8 Å². The van der Waals surface area contributed by atoms with Gasteiger partial charge in [0.15, 0.2) is 0 Å². The first-order chi connectivity index (χ1) is 7.78. The smallest absolute Gasteiger partial charge is 0.0312 e. The predicted octanol–water partition coefficient (Wildman–Crippen LogP) is 5.46. The second-order valence-corrected chi connectivity index (χ2v) is 4.28. The van der Waals surface area contributed by atoms with E-state index in [1.54, 1.807) is 12.1 Å². The maximum Gasteiger partial charge on any atom is 2.00 e. The first-order valence-corrected chi connectivity index (χ1v) is 6.16. The molecule has 0 spiro atoms. The Morgan fingerprint density at radius 2 is 0.737 bits per heavy atom. The monoisotopic (exact) mass is 394 g/mol. The third-order valence-electron chi connectivity index (χ3n) is 0.556. The van der Waals surface area contributed by atoms with Crippen molar-refractivity contribution in [2.75, 3.05) is 0 Å². The molecule has 1 rings (SSSR count). The second-order valence-electron chi connectivity index (χ2n) is 2.37. The van der Waals surface area contributed by atoms with Crippen LogP contribution in [0, 0.1) is 54.8 Å². The van der Waals surface area contributed by atoms with Crippen LogP contribution in [0.5, 0.6) is 0 Å². The summed E-state index contributed by atoms with van der Waals surface area (Å²) in [7, 11) is -10.7. The molecule has 0 aliphatic heterocycles. The molecule has 0 unspecified atom stereocenters. The van der Waals surface area contributed by atoms with Gasteiger partial charge in [0.2, 0.25) is 0 Å². The van der Waals surface area contributed by atoms with E-state index in [0.717, 1.165) is 0 Å². The Morgan fingerprint density at radius 1 is 0.684 bits per heavy atom. The molecule has 1 fully saturated rings. The van der Waals surface area contributed by atoms with Crippen LogP contribution < -0.4 is 0 Å². The summed E-state index contributed by atoms with van der Waals surface area (Å²) < 4.78 is 59.2. The van der Waals surface area contributed by atoms with Crippen LogP contribution in [0.1, 0.15) is 13.8 Å². The minimum absolute atomic E-state index is 0. The molecule has 0 aromatic rings. The predicted molar refractivity (Wildman–Crippen MR) is 57.6 cm³/mol. The third-order valence-corrected chi connectivity index (χ3v) is 0.556. The van der Waals surface area contributed by atoms with Gasteiger partial charge in [-0.3, -0.25) is 0 Å². The Morgan fingerprint density at radius 3 is 0.789 bits per heavy atom. The van der Waals surface area contributed by atoms with Crippen LogP contribution in [-0.2, 0) is 19.5 Å². The molecule has 0 atom stereocenters. The standard InChI is InChI=1S/C5H5.2C2H3N.F6P.Ru/c1-2-4-5-3-1;2*1-2-3;1-7(2,3,4,5)6;/h1-5H;2*1H3;;/q;;;-1;+2. The summed E-state index contributed by atoms with van der Waals surface area (Å²) >= 11 is 0. The summed E-state index contributed by atoms with van der Waals surface area (Å²) in [5, 5.41) is 14.6. The first-order valence-electron chi connectivity index (χ1n) is 4.13. The molecule has 19 heavy (non-hydrogen) atoms. The van der Waals surface area contributed by atoms with E-state index < -0.39 is 7.81 Å². The summed E-state index contributed by atoms with van der Waals surface area (Å²) in [6.07, 6.45) is 10.0. The summed E-state index contributed by atoms with van der Waals surface area (Å²) in [5.74, 6) is 0. The minimum atomic E-state index is -10.7. The number of hydrogen-bond donors (Lipinski definition) is 0. The second kappa shape index (κ2) is 10.4. The molecule has 5 radical (unpaired) electrons. The molecular weight excluding hydrogens is 382 g/mol. The third kappa shape index (κ3) is 202. The van der Waals surface area contributed by atoms with Crippen LogP contribution in [-0.4, -0.2) is 0 Å². The SMILES string of the molecule is CC#N.CC#N.F[P-](F)(F)(F)(F)F.[CH]1[CH][CH][CH][CH]1.[Ru+2]. The minimum Gasteiger partial charge on any atom is -0.0312 e. The maximum absolute atomic E-state index is 10.7. The number of nitrogens with zero attached hydrogens (tertiary/aromatic N) is 2. The topological polar surface area (TPSA) is 47.6 Å². The van der Waals surface area contributed by atoms with Crippen molar-refractivity contribution in [1.82, 2.24) is 0 Å². The van der Waals surface area contributed by atoms with E-state index >= 15 is 0 Å². The molecule has 0 aromatic carbocycles. The van der Waals surface area contributed by atoms with Crippen LogP contribution in [0.25, 0.3) is 0 Å². The van der Waals surface area contributed by atoms with Crippen molar-refractivity contribution < 1.29 is 44.7 Å². The molecular formula is C9H11F6N2PRu+. The Labute approximate surface area is 121 Å². The van der Waals surface area contributed by atoms with Crippen molar-refractivity contribution in [3.8, 4) is 12.1 Å². The van der Waals surface area contributed by atoms with Gasteiger partial charge < -0.3 is 0 Å². The van der Waals surface area contributed by atoms with Crippen LogP contribution >= 0.6 is 7.81 Å². The van der Waals surface area contributed by atoms with E-state index in [2.05, 4.69) is 0 Å². The van der Waals surface area contributed by atoms with Crippen LogP contribution in [0.2, 0.25) is 0 Å². The van der Waals surface area contributed by atoms with E-state index in [-0.39, 0.29) is 19.5 Å². The Balaban J connectivity index is -0.0000000830. The average Bonchev–Trinajstić information content (AvgIpc) is 2.55. The summed E-state index contributed by atoms with van der Waals surface area (Å²) in [5.41, 5.74) is 0. The Bertz CT molecular complexity index is 253. The zero-order valence-electron chi connectivity index (χ0n) is 9.85. The van der Waals surface area contributed by atoms with Gasteiger partial charge in [0.25, 0.3) is 0 Å². The van der Waals surface area contributed by atoms with Gasteiger partial charge in [-0.15, -0.1) is 0 Å². The molecule has 0 N–H and O–H groups in total. The summed E-state index contributed by atoms with van der Waals surface area (Å²) in [6.45, 7) is 2.86.